The van der Waals surface area contributed by atoms with E-state index in [0.29, 0.717) is 5.56 Å². The Morgan fingerprint density at radius 1 is 1.14 bits per heavy atom. The highest BCUT2D eigenvalue weighted by Gasteiger charge is 2.47. The van der Waals surface area contributed by atoms with Crippen molar-refractivity contribution in [3.8, 4) is 17.0 Å². The molecule has 3 N–H and O–H groups in total. The molecule has 0 radical (unpaired) electrons. The van der Waals surface area contributed by atoms with Crippen molar-refractivity contribution in [2.24, 2.45) is 5.73 Å². The minimum Gasteiger partial charge on any atom is -0.489 e. The minimum atomic E-state index is -4.78. The maximum absolute atomic E-state index is 14.2. The third-order valence-corrected chi connectivity index (χ3v) is 6.01. The quantitative estimate of drug-likeness (QED) is 0.512. The molecule has 3 aromatic rings. The van der Waals surface area contributed by atoms with Gasteiger partial charge < -0.3 is 15.8 Å². The zero-order chi connectivity index (χ0) is 25.4. The summed E-state index contributed by atoms with van der Waals surface area (Å²) in [5.41, 5.74) is 4.41. The lowest BCUT2D eigenvalue weighted by molar-refractivity contribution is -0.149. The third kappa shape index (κ3) is 4.68. The van der Waals surface area contributed by atoms with Gasteiger partial charge in [-0.25, -0.2) is 9.37 Å². The smallest absolute Gasteiger partial charge is 0.398 e. The van der Waals surface area contributed by atoms with Crippen molar-refractivity contribution in [2.75, 3.05) is 13.2 Å². The van der Waals surface area contributed by atoms with Gasteiger partial charge in [0.05, 0.1) is 5.69 Å². The molecule has 0 fully saturated rings. The third-order valence-electron chi connectivity index (χ3n) is 6.01. The number of carbonyl (C=O) groups excluding carboxylic acids is 2. The summed E-state index contributed by atoms with van der Waals surface area (Å²) in [6.07, 6.45) is -4.78. The van der Waals surface area contributed by atoms with Crippen LogP contribution in [-0.4, -0.2) is 36.1 Å². The topological polar surface area (TPSA) is 94.3 Å². The van der Waals surface area contributed by atoms with E-state index < -0.39 is 47.4 Å². The van der Waals surface area contributed by atoms with Crippen LogP contribution in [0.5, 0.6) is 5.75 Å². The van der Waals surface area contributed by atoms with Gasteiger partial charge in [-0.3, -0.25) is 9.59 Å². The number of nitrogens with zero attached hydrogens (tertiary/aromatic N) is 1. The summed E-state index contributed by atoms with van der Waals surface area (Å²) >= 11 is 0. The summed E-state index contributed by atoms with van der Waals surface area (Å²) in [7, 11) is 0. The van der Waals surface area contributed by atoms with E-state index in [1.54, 1.807) is 18.2 Å². The fourth-order valence-electron chi connectivity index (χ4n) is 3.86. The molecule has 2 atom stereocenters. The van der Waals surface area contributed by atoms with Crippen molar-refractivity contribution in [3.63, 3.8) is 0 Å². The van der Waals surface area contributed by atoms with Crippen molar-refractivity contribution in [1.82, 2.24) is 10.3 Å². The predicted octanol–water partition coefficient (Wildman–Crippen LogP) is 4.10. The molecule has 0 saturated carbocycles. The second kappa shape index (κ2) is 9.01. The normalized spacial score (nSPS) is 17.9. The number of hydrogen-bond acceptors (Lipinski definition) is 4. The molecule has 2 amide bonds. The van der Waals surface area contributed by atoms with Crippen LogP contribution in [0.15, 0.2) is 60.7 Å². The molecule has 1 aliphatic rings. The number of aromatic nitrogens is 1. The Labute approximate surface area is 198 Å². The van der Waals surface area contributed by atoms with Gasteiger partial charge in [0.15, 0.2) is 0 Å². The van der Waals surface area contributed by atoms with E-state index >= 15 is 0 Å². The molecule has 35 heavy (non-hydrogen) atoms. The zero-order valence-electron chi connectivity index (χ0n) is 18.5. The van der Waals surface area contributed by atoms with Gasteiger partial charge in [0.1, 0.15) is 35.2 Å². The fraction of sp³-hybridized carbons (Fsp3) is 0.240. The van der Waals surface area contributed by atoms with Crippen molar-refractivity contribution in [3.05, 3.63) is 83.3 Å². The molecule has 1 aromatic heterocycles. The van der Waals surface area contributed by atoms with Crippen molar-refractivity contribution in [1.29, 1.82) is 0 Å². The van der Waals surface area contributed by atoms with Crippen LogP contribution in [-0.2, 0) is 10.2 Å². The summed E-state index contributed by atoms with van der Waals surface area (Å²) in [5, 5.41) is 2.31. The van der Waals surface area contributed by atoms with E-state index in [0.717, 1.165) is 18.2 Å². The summed E-state index contributed by atoms with van der Waals surface area (Å²) in [4.78, 5) is 28.8. The number of fused-ring (bicyclic) bond motifs is 1. The molecule has 0 saturated heterocycles. The Balaban J connectivity index is 1.80. The average Bonchev–Trinajstić information content (AvgIpc) is 3.17. The number of pyridine rings is 1. The van der Waals surface area contributed by atoms with Crippen LogP contribution in [0.3, 0.4) is 0 Å². The number of rotatable bonds is 6. The van der Waals surface area contributed by atoms with Crippen LogP contribution in [0, 0.1) is 5.82 Å². The Morgan fingerprint density at radius 2 is 1.80 bits per heavy atom. The Morgan fingerprint density at radius 3 is 2.40 bits per heavy atom. The molecule has 182 valence electrons. The van der Waals surface area contributed by atoms with E-state index in [2.05, 4.69) is 10.3 Å². The number of ether oxygens (including phenoxy) is 1. The first-order valence-electron chi connectivity index (χ1n) is 10.6. The van der Waals surface area contributed by atoms with Gasteiger partial charge in [-0.1, -0.05) is 18.2 Å². The minimum absolute atomic E-state index is 0.0195. The second-order valence-electron chi connectivity index (χ2n) is 8.43. The number of nitrogens with one attached hydrogen (secondary N) is 1. The first-order chi connectivity index (χ1) is 16.5. The monoisotopic (exact) mass is 487 g/mol. The lowest BCUT2D eigenvalue weighted by atomic mass is 9.82. The summed E-state index contributed by atoms with van der Waals surface area (Å²) in [5.74, 6) is -4.08. The molecular formula is C25H21F4N3O3. The fourth-order valence-corrected chi connectivity index (χ4v) is 3.86. The summed E-state index contributed by atoms with van der Waals surface area (Å²) < 4.78 is 61.7. The SMILES string of the molecule is C[C@]1(C(N)=O)COc2c1cc(C(CNC(=O)c1ccccc1)C(F)(F)F)nc2-c1ccc(F)cc1. The number of benzene rings is 2. The van der Waals surface area contributed by atoms with Gasteiger partial charge >= 0.3 is 6.18 Å². The molecule has 1 unspecified atom stereocenters. The average molecular weight is 487 g/mol. The lowest BCUT2D eigenvalue weighted by Gasteiger charge is -2.24. The first-order valence-corrected chi connectivity index (χ1v) is 10.6. The molecule has 6 nitrogen and oxygen atoms in total. The molecule has 1 aliphatic heterocycles. The van der Waals surface area contributed by atoms with E-state index in [4.69, 9.17) is 10.5 Å². The van der Waals surface area contributed by atoms with Crippen LogP contribution < -0.4 is 15.8 Å². The van der Waals surface area contributed by atoms with Gasteiger partial charge in [0.2, 0.25) is 5.91 Å². The number of carbonyl (C=O) groups is 2. The summed E-state index contributed by atoms with van der Waals surface area (Å²) in [6, 6.07) is 14.0. The predicted molar refractivity (Wildman–Crippen MR) is 119 cm³/mol. The Bertz CT molecular complexity index is 1260. The van der Waals surface area contributed by atoms with E-state index in [-0.39, 0.29) is 29.2 Å². The van der Waals surface area contributed by atoms with Crippen molar-refractivity contribution < 1.29 is 31.9 Å². The van der Waals surface area contributed by atoms with E-state index in [1.165, 1.54) is 31.2 Å². The van der Waals surface area contributed by atoms with Gasteiger partial charge in [-0.05, 0) is 49.4 Å². The zero-order valence-corrected chi connectivity index (χ0v) is 18.5. The number of hydrogen-bond donors (Lipinski definition) is 2. The van der Waals surface area contributed by atoms with Gasteiger partial charge in [-0.2, -0.15) is 13.2 Å². The molecule has 4 rings (SSSR count). The highest BCUT2D eigenvalue weighted by atomic mass is 19.4. The van der Waals surface area contributed by atoms with Crippen LogP contribution in [0.25, 0.3) is 11.3 Å². The largest absolute Gasteiger partial charge is 0.489 e. The summed E-state index contributed by atoms with van der Waals surface area (Å²) in [6.45, 7) is 0.498. The molecular weight excluding hydrogens is 466 g/mol. The molecule has 0 aliphatic carbocycles. The maximum Gasteiger partial charge on any atom is 0.398 e. The number of nitrogens with two attached hydrogens (primary N) is 1. The number of halogens is 4. The molecule has 0 bridgehead atoms. The molecule has 2 heterocycles. The van der Waals surface area contributed by atoms with Crippen LogP contribution >= 0.6 is 0 Å². The second-order valence-corrected chi connectivity index (χ2v) is 8.43. The van der Waals surface area contributed by atoms with E-state index in [1.807, 2.05) is 0 Å². The van der Waals surface area contributed by atoms with E-state index in [9.17, 15) is 27.2 Å². The van der Waals surface area contributed by atoms with Crippen molar-refractivity contribution >= 4 is 11.8 Å². The van der Waals surface area contributed by atoms with Crippen LogP contribution in [0.2, 0.25) is 0 Å². The van der Waals surface area contributed by atoms with Gasteiger partial charge in [0, 0.05) is 23.2 Å². The standard InChI is InChI=1S/C25H21F4N3O3/c1-24(23(30)34)13-35-21-17(24)11-19(32-20(21)14-7-9-16(26)10-8-14)18(25(27,28)29)12-31-22(33)15-5-3-2-4-6-15/h2-11,18H,12-13H2,1H3,(H2,30,34)(H,31,33)/t18?,24-/m0/s1. The Hall–Kier alpha value is -3.95. The highest BCUT2D eigenvalue weighted by Crippen LogP contribution is 2.46. The van der Waals surface area contributed by atoms with Gasteiger partial charge in [-0.15, -0.1) is 0 Å². The highest BCUT2D eigenvalue weighted by molar-refractivity contribution is 5.94. The molecule has 2 aromatic carbocycles. The number of alkyl halides is 3. The maximum atomic E-state index is 14.2. The number of amides is 2. The molecule has 0 spiro atoms. The van der Waals surface area contributed by atoms with Crippen LogP contribution in [0.4, 0.5) is 17.6 Å². The Kier molecular flexibility index (Phi) is 6.23. The van der Waals surface area contributed by atoms with Crippen LogP contribution in [0.1, 0.15) is 34.5 Å². The first kappa shape index (κ1) is 24.2. The number of primary amides is 1. The lowest BCUT2D eigenvalue weighted by Crippen LogP contribution is -2.40. The van der Waals surface area contributed by atoms with Crippen molar-refractivity contribution in [2.45, 2.75) is 24.4 Å². The molecule has 10 heteroatoms. The van der Waals surface area contributed by atoms with Gasteiger partial charge in [0.25, 0.3) is 5.91 Å².